The van der Waals surface area contributed by atoms with Crippen LogP contribution in [0.2, 0.25) is 5.02 Å². The maximum Gasteiger partial charge on any atom is 0.170 e. The van der Waals surface area contributed by atoms with Crippen LogP contribution in [0.25, 0.3) is 17.1 Å². The first kappa shape index (κ1) is 13.8. The molecule has 21 heavy (non-hydrogen) atoms. The zero-order chi connectivity index (χ0) is 14.8. The largest absolute Gasteiger partial charge is 0.388 e. The lowest BCUT2D eigenvalue weighted by Gasteiger charge is -2.10. The van der Waals surface area contributed by atoms with Gasteiger partial charge in [0.25, 0.3) is 0 Å². The Morgan fingerprint density at radius 1 is 1.10 bits per heavy atom. The number of hydrogen-bond acceptors (Lipinski definition) is 3. The van der Waals surface area contributed by atoms with Gasteiger partial charge in [0.05, 0.1) is 5.02 Å². The van der Waals surface area contributed by atoms with Crippen LogP contribution in [0.5, 0.6) is 0 Å². The fourth-order valence-electron chi connectivity index (χ4n) is 2.24. The molecule has 0 saturated carbocycles. The quantitative estimate of drug-likeness (QED) is 0.806. The molecule has 0 fully saturated rings. The van der Waals surface area contributed by atoms with E-state index in [1.54, 1.807) is 0 Å². The Morgan fingerprint density at radius 3 is 2.52 bits per heavy atom. The molecule has 0 aliphatic heterocycles. The van der Waals surface area contributed by atoms with Crippen LogP contribution in [0.15, 0.2) is 48.5 Å². The fourth-order valence-corrected chi connectivity index (χ4v) is 2.56. The zero-order valence-electron chi connectivity index (χ0n) is 11.5. The van der Waals surface area contributed by atoms with Crippen LogP contribution in [-0.4, -0.2) is 19.9 Å². The van der Waals surface area contributed by atoms with E-state index in [1.807, 2.05) is 60.0 Å². The third kappa shape index (κ3) is 2.55. The summed E-state index contributed by atoms with van der Waals surface area (Å²) in [5, 5.41) is 18.4. The van der Waals surface area contributed by atoms with Gasteiger partial charge in [-0.3, -0.25) is 4.57 Å². The SMILES string of the molecule is Cc1ccc(-c2nnc(CO)n2-c2ccccc2)c(Cl)c1. The van der Waals surface area contributed by atoms with Crippen LogP contribution in [0, 0.1) is 6.92 Å². The van der Waals surface area contributed by atoms with Crippen LogP contribution >= 0.6 is 11.6 Å². The average Bonchev–Trinajstić information content (AvgIpc) is 2.92. The number of aromatic nitrogens is 3. The fraction of sp³-hybridized carbons (Fsp3) is 0.125. The predicted molar refractivity (Wildman–Crippen MR) is 82.5 cm³/mol. The maximum atomic E-state index is 9.50. The van der Waals surface area contributed by atoms with Crippen LogP contribution in [0.4, 0.5) is 0 Å². The van der Waals surface area contributed by atoms with Crippen molar-refractivity contribution in [3.05, 3.63) is 64.9 Å². The number of nitrogens with zero attached hydrogens (tertiary/aromatic N) is 3. The summed E-state index contributed by atoms with van der Waals surface area (Å²) in [6, 6.07) is 15.5. The summed E-state index contributed by atoms with van der Waals surface area (Å²) >= 11 is 6.33. The van der Waals surface area contributed by atoms with Gasteiger partial charge < -0.3 is 5.11 Å². The molecule has 0 aliphatic carbocycles. The first-order valence-corrected chi connectivity index (χ1v) is 6.95. The van der Waals surface area contributed by atoms with Crippen LogP contribution in [0.3, 0.4) is 0 Å². The summed E-state index contributed by atoms with van der Waals surface area (Å²) in [5.41, 5.74) is 2.76. The number of aliphatic hydroxyl groups excluding tert-OH is 1. The smallest absolute Gasteiger partial charge is 0.170 e. The van der Waals surface area contributed by atoms with Gasteiger partial charge in [0.1, 0.15) is 6.61 Å². The Bertz CT molecular complexity index is 768. The molecule has 1 aromatic heterocycles. The molecular formula is C16H14ClN3O. The summed E-state index contributed by atoms with van der Waals surface area (Å²) in [4.78, 5) is 0. The monoisotopic (exact) mass is 299 g/mol. The topological polar surface area (TPSA) is 50.9 Å². The Balaban J connectivity index is 2.22. The molecule has 0 atom stereocenters. The first-order valence-electron chi connectivity index (χ1n) is 6.58. The van der Waals surface area contributed by atoms with E-state index in [1.165, 1.54) is 0 Å². The number of halogens is 1. The van der Waals surface area contributed by atoms with Crippen molar-refractivity contribution in [1.82, 2.24) is 14.8 Å². The lowest BCUT2D eigenvalue weighted by Crippen LogP contribution is -2.03. The van der Waals surface area contributed by atoms with E-state index in [2.05, 4.69) is 10.2 Å². The molecule has 0 bridgehead atoms. The molecule has 0 spiro atoms. The van der Waals surface area contributed by atoms with E-state index in [0.29, 0.717) is 16.7 Å². The summed E-state index contributed by atoms with van der Waals surface area (Å²) in [6.45, 7) is 1.79. The second-order valence-corrected chi connectivity index (χ2v) is 5.16. The maximum absolute atomic E-state index is 9.50. The van der Waals surface area contributed by atoms with Gasteiger partial charge in [0, 0.05) is 11.3 Å². The molecule has 4 nitrogen and oxygen atoms in total. The third-order valence-corrected chi connectivity index (χ3v) is 3.56. The average molecular weight is 300 g/mol. The van der Waals surface area contributed by atoms with Gasteiger partial charge in [-0.2, -0.15) is 0 Å². The molecule has 3 rings (SSSR count). The molecule has 5 heteroatoms. The summed E-state index contributed by atoms with van der Waals surface area (Å²) in [6.07, 6.45) is 0. The van der Waals surface area contributed by atoms with Gasteiger partial charge in [-0.15, -0.1) is 10.2 Å². The first-order chi connectivity index (χ1) is 10.2. The highest BCUT2D eigenvalue weighted by Gasteiger charge is 2.16. The van der Waals surface area contributed by atoms with E-state index in [0.717, 1.165) is 16.8 Å². The molecule has 0 aliphatic rings. The van der Waals surface area contributed by atoms with Crippen molar-refractivity contribution in [1.29, 1.82) is 0 Å². The van der Waals surface area contributed by atoms with Gasteiger partial charge in [-0.05, 0) is 36.8 Å². The Kier molecular flexibility index (Phi) is 3.73. The lowest BCUT2D eigenvalue weighted by atomic mass is 10.1. The van der Waals surface area contributed by atoms with E-state index < -0.39 is 0 Å². The Morgan fingerprint density at radius 2 is 1.86 bits per heavy atom. The summed E-state index contributed by atoms with van der Waals surface area (Å²) in [7, 11) is 0. The molecule has 0 radical (unpaired) electrons. The van der Waals surface area contributed by atoms with Crippen molar-refractivity contribution in [3.8, 4) is 17.1 Å². The van der Waals surface area contributed by atoms with Gasteiger partial charge >= 0.3 is 0 Å². The normalized spacial score (nSPS) is 10.8. The number of benzene rings is 2. The van der Waals surface area contributed by atoms with Crippen molar-refractivity contribution in [2.45, 2.75) is 13.5 Å². The highest BCUT2D eigenvalue weighted by molar-refractivity contribution is 6.33. The molecular weight excluding hydrogens is 286 g/mol. The van der Waals surface area contributed by atoms with Gasteiger partial charge in [0.15, 0.2) is 11.6 Å². The number of hydrogen-bond donors (Lipinski definition) is 1. The lowest BCUT2D eigenvalue weighted by molar-refractivity contribution is 0.269. The van der Waals surface area contributed by atoms with Gasteiger partial charge in [-0.25, -0.2) is 0 Å². The van der Waals surface area contributed by atoms with Crippen molar-refractivity contribution in [2.24, 2.45) is 0 Å². The van der Waals surface area contributed by atoms with Crippen molar-refractivity contribution in [3.63, 3.8) is 0 Å². The standard InChI is InChI=1S/C16H14ClN3O/c1-11-7-8-13(14(17)9-11)16-19-18-15(10-21)20(16)12-5-3-2-4-6-12/h2-9,21H,10H2,1H3. The number of aryl methyl sites for hydroxylation is 1. The zero-order valence-corrected chi connectivity index (χ0v) is 12.2. The third-order valence-electron chi connectivity index (χ3n) is 3.25. The van der Waals surface area contributed by atoms with E-state index in [-0.39, 0.29) is 6.61 Å². The Labute approximate surface area is 127 Å². The van der Waals surface area contributed by atoms with Crippen molar-refractivity contribution in [2.75, 3.05) is 0 Å². The molecule has 3 aromatic rings. The molecule has 2 aromatic carbocycles. The van der Waals surface area contributed by atoms with Crippen LogP contribution in [0.1, 0.15) is 11.4 Å². The molecule has 0 amide bonds. The predicted octanol–water partition coefficient (Wildman–Crippen LogP) is 3.39. The second-order valence-electron chi connectivity index (χ2n) is 4.75. The van der Waals surface area contributed by atoms with Crippen molar-refractivity contribution < 1.29 is 5.11 Å². The van der Waals surface area contributed by atoms with Crippen LogP contribution < -0.4 is 0 Å². The molecule has 1 N–H and O–H groups in total. The second kappa shape index (κ2) is 5.68. The van der Waals surface area contributed by atoms with E-state index >= 15 is 0 Å². The van der Waals surface area contributed by atoms with E-state index in [9.17, 15) is 5.11 Å². The molecule has 0 saturated heterocycles. The Hall–Kier alpha value is -2.17. The minimum Gasteiger partial charge on any atom is -0.388 e. The van der Waals surface area contributed by atoms with E-state index in [4.69, 9.17) is 11.6 Å². The number of rotatable bonds is 3. The number of aliphatic hydroxyl groups is 1. The van der Waals surface area contributed by atoms with Crippen molar-refractivity contribution >= 4 is 11.6 Å². The minimum atomic E-state index is -0.189. The summed E-state index contributed by atoms with van der Waals surface area (Å²) in [5.74, 6) is 1.10. The molecule has 0 unspecified atom stereocenters. The number of para-hydroxylation sites is 1. The highest BCUT2D eigenvalue weighted by atomic mass is 35.5. The minimum absolute atomic E-state index is 0.189. The molecule has 106 valence electrons. The van der Waals surface area contributed by atoms with Crippen LogP contribution in [-0.2, 0) is 6.61 Å². The molecule has 1 heterocycles. The van der Waals surface area contributed by atoms with Gasteiger partial charge in [-0.1, -0.05) is 35.9 Å². The summed E-state index contributed by atoms with van der Waals surface area (Å²) < 4.78 is 1.82. The highest BCUT2D eigenvalue weighted by Crippen LogP contribution is 2.29. The van der Waals surface area contributed by atoms with Gasteiger partial charge in [0.2, 0.25) is 0 Å².